The van der Waals surface area contributed by atoms with Crippen molar-refractivity contribution in [3.8, 4) is 0 Å². The fraction of sp³-hybridized carbons (Fsp3) is 0.267. The predicted molar refractivity (Wildman–Crippen MR) is 95.6 cm³/mol. The highest BCUT2D eigenvalue weighted by Gasteiger charge is 2.12. The molecule has 0 saturated carbocycles. The van der Waals surface area contributed by atoms with Gasteiger partial charge in [-0.15, -0.1) is 11.3 Å². The van der Waals surface area contributed by atoms with Gasteiger partial charge in [-0.25, -0.2) is 0 Å². The average Bonchev–Trinajstić information content (AvgIpc) is 2.83. The molecule has 0 bridgehead atoms. The van der Waals surface area contributed by atoms with Gasteiger partial charge in [0.25, 0.3) is 0 Å². The topological polar surface area (TPSA) is 49.5 Å². The van der Waals surface area contributed by atoms with E-state index in [1.807, 2.05) is 31.3 Å². The Hall–Kier alpha value is -0.790. The molecule has 21 heavy (non-hydrogen) atoms. The Labute approximate surface area is 142 Å². The van der Waals surface area contributed by atoms with E-state index in [1.54, 1.807) is 11.3 Å². The zero-order valence-corrected chi connectivity index (χ0v) is 14.8. The van der Waals surface area contributed by atoms with E-state index >= 15 is 0 Å². The third kappa shape index (κ3) is 4.86. The molecule has 0 aliphatic heterocycles. The average molecular weight is 385 g/mol. The summed E-state index contributed by atoms with van der Waals surface area (Å²) >= 11 is 10.0. The van der Waals surface area contributed by atoms with E-state index < -0.39 is 6.10 Å². The van der Waals surface area contributed by atoms with E-state index in [2.05, 4.69) is 32.3 Å². The van der Waals surface area contributed by atoms with Crippen LogP contribution in [-0.2, 0) is 6.54 Å². The zero-order chi connectivity index (χ0) is 15.4. The second-order valence-electron chi connectivity index (χ2n) is 4.96. The number of rotatable bonds is 6. The summed E-state index contributed by atoms with van der Waals surface area (Å²) in [4.78, 5) is 2.47. The lowest BCUT2D eigenvalue weighted by molar-refractivity contribution is 0.124. The van der Waals surface area contributed by atoms with Crippen molar-refractivity contribution < 1.29 is 5.11 Å². The van der Waals surface area contributed by atoms with Crippen LogP contribution in [0.5, 0.6) is 0 Å². The van der Waals surface area contributed by atoms with Crippen LogP contribution in [0.2, 0.25) is 0 Å². The normalized spacial score (nSPS) is 12.6. The molecule has 0 spiro atoms. The minimum absolute atomic E-state index is 0.371. The summed E-state index contributed by atoms with van der Waals surface area (Å²) < 4.78 is 1.12. The molecule has 1 heterocycles. The number of aliphatic hydroxyl groups is 1. The van der Waals surface area contributed by atoms with Gasteiger partial charge in [0.15, 0.2) is 0 Å². The van der Waals surface area contributed by atoms with Crippen molar-refractivity contribution in [3.63, 3.8) is 0 Å². The van der Waals surface area contributed by atoms with Crippen molar-refractivity contribution in [1.29, 1.82) is 0 Å². The summed E-state index contributed by atoms with van der Waals surface area (Å²) in [6.07, 6.45) is -0.530. The Morgan fingerprint density at radius 3 is 2.62 bits per heavy atom. The molecule has 3 N–H and O–H groups in total. The summed E-state index contributed by atoms with van der Waals surface area (Å²) in [5, 5.41) is 12.4. The molecule has 6 heteroatoms. The molecule has 112 valence electrons. The zero-order valence-electron chi connectivity index (χ0n) is 11.6. The molecule has 1 aromatic heterocycles. The summed E-state index contributed by atoms with van der Waals surface area (Å²) in [5.74, 6) is 0. The summed E-state index contributed by atoms with van der Waals surface area (Å²) in [5.41, 5.74) is 8.49. The van der Waals surface area contributed by atoms with E-state index in [4.69, 9.17) is 18.0 Å². The number of benzene rings is 1. The van der Waals surface area contributed by atoms with Gasteiger partial charge in [-0.05, 0) is 45.6 Å². The van der Waals surface area contributed by atoms with Gasteiger partial charge < -0.3 is 10.8 Å². The van der Waals surface area contributed by atoms with Crippen LogP contribution in [0, 0.1) is 0 Å². The highest BCUT2D eigenvalue weighted by Crippen LogP contribution is 2.22. The highest BCUT2D eigenvalue weighted by atomic mass is 79.9. The molecule has 1 unspecified atom stereocenters. The molecule has 2 rings (SSSR count). The summed E-state index contributed by atoms with van der Waals surface area (Å²) in [7, 11) is 2.00. The van der Waals surface area contributed by atoms with Crippen molar-refractivity contribution in [2.24, 2.45) is 5.73 Å². The number of halogens is 1. The van der Waals surface area contributed by atoms with Gasteiger partial charge in [0.1, 0.15) is 4.99 Å². The lowest BCUT2D eigenvalue weighted by Crippen LogP contribution is -2.24. The van der Waals surface area contributed by atoms with Crippen LogP contribution < -0.4 is 5.73 Å². The maximum atomic E-state index is 10.3. The molecule has 3 nitrogen and oxygen atoms in total. The van der Waals surface area contributed by atoms with Gasteiger partial charge in [-0.2, -0.15) is 0 Å². The van der Waals surface area contributed by atoms with Crippen molar-refractivity contribution in [3.05, 3.63) is 56.2 Å². The Kier molecular flexibility index (Phi) is 5.89. The highest BCUT2D eigenvalue weighted by molar-refractivity contribution is 9.11. The largest absolute Gasteiger partial charge is 0.389 e. The molecule has 0 fully saturated rings. The summed E-state index contributed by atoms with van der Waals surface area (Å²) in [6, 6.07) is 9.53. The maximum Gasteiger partial charge on any atom is 0.103 e. The third-order valence-electron chi connectivity index (χ3n) is 3.14. The Balaban J connectivity index is 1.93. The number of thiocarbonyl (C=S) groups is 1. The minimum atomic E-state index is -0.530. The first kappa shape index (κ1) is 16.6. The number of hydrogen-bond donors (Lipinski definition) is 2. The Morgan fingerprint density at radius 1 is 1.43 bits per heavy atom. The second kappa shape index (κ2) is 7.47. The van der Waals surface area contributed by atoms with Gasteiger partial charge in [0, 0.05) is 18.7 Å². The van der Waals surface area contributed by atoms with E-state index in [-0.39, 0.29) is 0 Å². The first-order chi connectivity index (χ1) is 9.95. The molecule has 1 aromatic carbocycles. The molecule has 0 radical (unpaired) electrons. The van der Waals surface area contributed by atoms with E-state index in [1.165, 1.54) is 5.56 Å². The fourth-order valence-electron chi connectivity index (χ4n) is 2.08. The van der Waals surface area contributed by atoms with Crippen LogP contribution in [-0.4, -0.2) is 28.6 Å². The Morgan fingerprint density at radius 2 is 2.10 bits per heavy atom. The number of thiophene rings is 1. The quantitative estimate of drug-likeness (QED) is 0.750. The number of nitrogens with zero attached hydrogens (tertiary/aromatic N) is 1. The van der Waals surface area contributed by atoms with E-state index in [9.17, 15) is 5.11 Å². The molecular weight excluding hydrogens is 368 g/mol. The van der Waals surface area contributed by atoms with E-state index in [0.717, 1.165) is 21.5 Å². The molecule has 0 saturated heterocycles. The van der Waals surface area contributed by atoms with Crippen molar-refractivity contribution >= 4 is 44.5 Å². The van der Waals surface area contributed by atoms with Crippen LogP contribution in [0.15, 0.2) is 39.5 Å². The standard InChI is InChI=1S/C15H17BrN2OS2/c1-18(7-10-6-14(16)21-9-10)8-13(19)11-2-4-12(5-3-11)15(17)20/h2-6,9,13,19H,7-8H2,1H3,(H2,17,20). The van der Waals surface area contributed by atoms with Crippen LogP contribution in [0.4, 0.5) is 0 Å². The number of nitrogens with two attached hydrogens (primary N) is 1. The van der Waals surface area contributed by atoms with E-state index in [0.29, 0.717) is 11.5 Å². The molecule has 1 atom stereocenters. The summed E-state index contributed by atoms with van der Waals surface area (Å²) in [6.45, 7) is 1.38. The molecule has 0 aliphatic rings. The lowest BCUT2D eigenvalue weighted by Gasteiger charge is -2.20. The van der Waals surface area contributed by atoms with Gasteiger partial charge >= 0.3 is 0 Å². The lowest BCUT2D eigenvalue weighted by atomic mass is 10.1. The number of aliphatic hydroxyl groups excluding tert-OH is 1. The van der Waals surface area contributed by atoms with Crippen LogP contribution in [0.1, 0.15) is 22.8 Å². The van der Waals surface area contributed by atoms with Gasteiger partial charge in [0.05, 0.1) is 9.89 Å². The second-order valence-corrected chi connectivity index (χ2v) is 7.69. The first-order valence-corrected chi connectivity index (χ1v) is 8.53. The smallest absolute Gasteiger partial charge is 0.103 e. The minimum Gasteiger partial charge on any atom is -0.389 e. The van der Waals surface area contributed by atoms with Gasteiger partial charge in [-0.1, -0.05) is 36.5 Å². The van der Waals surface area contributed by atoms with Crippen LogP contribution in [0.3, 0.4) is 0 Å². The molecule has 2 aromatic rings. The van der Waals surface area contributed by atoms with Crippen LogP contribution >= 0.6 is 39.5 Å². The maximum absolute atomic E-state index is 10.3. The predicted octanol–water partition coefficient (Wildman–Crippen LogP) is 3.31. The SMILES string of the molecule is CN(Cc1csc(Br)c1)CC(O)c1ccc(C(N)=S)cc1. The molecule has 0 amide bonds. The molecular formula is C15H17BrN2OS2. The van der Waals surface area contributed by atoms with Gasteiger partial charge in [0.2, 0.25) is 0 Å². The fourth-order valence-corrected chi connectivity index (χ4v) is 3.41. The number of likely N-dealkylation sites (N-methyl/N-ethyl adjacent to an activating group) is 1. The molecule has 0 aliphatic carbocycles. The van der Waals surface area contributed by atoms with Gasteiger partial charge in [-0.3, -0.25) is 4.90 Å². The van der Waals surface area contributed by atoms with Crippen molar-refractivity contribution in [1.82, 2.24) is 4.90 Å². The first-order valence-electron chi connectivity index (χ1n) is 6.45. The monoisotopic (exact) mass is 384 g/mol. The third-order valence-corrected chi connectivity index (χ3v) is 4.93. The number of hydrogen-bond acceptors (Lipinski definition) is 4. The van der Waals surface area contributed by atoms with Crippen molar-refractivity contribution in [2.45, 2.75) is 12.6 Å². The van der Waals surface area contributed by atoms with Crippen molar-refractivity contribution in [2.75, 3.05) is 13.6 Å². The van der Waals surface area contributed by atoms with Crippen LogP contribution in [0.25, 0.3) is 0 Å². The Bertz CT molecular complexity index is 612.